The first kappa shape index (κ1) is 19.7. The normalized spacial score (nSPS) is 10.7. The summed E-state index contributed by atoms with van der Waals surface area (Å²) in [5.74, 6) is 0.289. The van der Waals surface area contributed by atoms with Gasteiger partial charge in [0, 0.05) is 19.0 Å². The van der Waals surface area contributed by atoms with Crippen molar-refractivity contribution in [2.75, 3.05) is 19.0 Å². The second kappa shape index (κ2) is 9.21. The fraction of sp³-hybridized carbons (Fsp3) is 0.125. The molecule has 1 amide bonds. The molecule has 2 aromatic rings. The van der Waals surface area contributed by atoms with E-state index in [2.05, 4.69) is 63.6 Å². The molecule has 6 nitrogen and oxygen atoms in total. The van der Waals surface area contributed by atoms with Crippen LogP contribution >= 0.6 is 47.8 Å². The Balaban J connectivity index is 1.93. The van der Waals surface area contributed by atoms with Crippen molar-refractivity contribution in [2.24, 2.45) is 5.10 Å². The van der Waals surface area contributed by atoms with Gasteiger partial charge in [0.2, 0.25) is 0 Å². The predicted molar refractivity (Wildman–Crippen MR) is 108 cm³/mol. The number of hydrazone groups is 1. The standard InChI is InChI=1S/C16H14Br3N3O3/c1-25-11-2-3-14(23)9(4-11)7-21-22-15(24)8-20-16-12(18)5-10(17)6-13(16)19/h2-7,20,23H,8H2,1H3,(H,22,24)/b21-7+. The highest BCUT2D eigenvalue weighted by Gasteiger charge is 2.08. The maximum Gasteiger partial charge on any atom is 0.259 e. The van der Waals surface area contributed by atoms with Crippen molar-refractivity contribution < 1.29 is 14.6 Å². The van der Waals surface area contributed by atoms with Gasteiger partial charge >= 0.3 is 0 Å². The zero-order chi connectivity index (χ0) is 18.4. The Kier molecular flexibility index (Phi) is 7.27. The third kappa shape index (κ3) is 5.72. The Labute approximate surface area is 170 Å². The summed E-state index contributed by atoms with van der Waals surface area (Å²) in [6, 6.07) is 8.47. The van der Waals surface area contributed by atoms with Crippen molar-refractivity contribution in [3.05, 3.63) is 49.3 Å². The Bertz CT molecular complexity index is 789. The van der Waals surface area contributed by atoms with E-state index in [9.17, 15) is 9.90 Å². The molecule has 0 aromatic heterocycles. The number of carbonyl (C=O) groups excluding carboxylic acids is 1. The predicted octanol–water partition coefficient (Wildman–Crippen LogP) is 4.25. The fourth-order valence-corrected chi connectivity index (χ4v) is 4.40. The van der Waals surface area contributed by atoms with E-state index in [1.807, 2.05) is 12.1 Å². The number of phenolic OH excluding ortho intramolecular Hbond substituents is 1. The maximum absolute atomic E-state index is 11.9. The number of amides is 1. The first-order chi connectivity index (χ1) is 11.9. The molecule has 0 saturated carbocycles. The van der Waals surface area contributed by atoms with Gasteiger partial charge in [-0.25, -0.2) is 5.43 Å². The summed E-state index contributed by atoms with van der Waals surface area (Å²) >= 11 is 10.2. The lowest BCUT2D eigenvalue weighted by Gasteiger charge is -2.10. The van der Waals surface area contributed by atoms with E-state index in [1.54, 1.807) is 12.1 Å². The SMILES string of the molecule is COc1ccc(O)c(/C=N/NC(=O)CNc2c(Br)cc(Br)cc2Br)c1. The molecule has 0 fully saturated rings. The molecule has 25 heavy (non-hydrogen) atoms. The largest absolute Gasteiger partial charge is 0.507 e. The topological polar surface area (TPSA) is 83.0 Å². The van der Waals surface area contributed by atoms with Gasteiger partial charge < -0.3 is 15.2 Å². The summed E-state index contributed by atoms with van der Waals surface area (Å²) in [5.41, 5.74) is 3.59. The highest BCUT2D eigenvalue weighted by Crippen LogP contribution is 2.34. The summed E-state index contributed by atoms with van der Waals surface area (Å²) in [7, 11) is 1.53. The number of nitrogens with one attached hydrogen (secondary N) is 2. The Morgan fingerprint density at radius 3 is 2.56 bits per heavy atom. The number of nitrogens with zero attached hydrogens (tertiary/aromatic N) is 1. The zero-order valence-electron chi connectivity index (χ0n) is 13.0. The van der Waals surface area contributed by atoms with E-state index in [-0.39, 0.29) is 18.2 Å². The first-order valence-electron chi connectivity index (χ1n) is 6.98. The lowest BCUT2D eigenvalue weighted by atomic mass is 10.2. The summed E-state index contributed by atoms with van der Waals surface area (Å²) in [6.45, 7) is 0.0280. The second-order valence-corrected chi connectivity index (χ2v) is 7.44. The third-order valence-corrected chi connectivity index (χ3v) is 4.77. The molecule has 2 rings (SSSR count). The van der Waals surface area contributed by atoms with Gasteiger partial charge in [0.25, 0.3) is 5.91 Å². The molecule has 2 aromatic carbocycles. The van der Waals surface area contributed by atoms with Gasteiger partial charge in [-0.1, -0.05) is 15.9 Å². The van der Waals surface area contributed by atoms with Gasteiger partial charge in [-0.2, -0.15) is 5.10 Å². The molecule has 0 aliphatic carbocycles. The van der Waals surface area contributed by atoms with Gasteiger partial charge in [0.05, 0.1) is 25.6 Å². The number of hydrogen-bond donors (Lipinski definition) is 3. The molecule has 0 radical (unpaired) electrons. The van der Waals surface area contributed by atoms with Crippen LogP contribution in [0.1, 0.15) is 5.56 Å². The van der Waals surface area contributed by atoms with Crippen molar-refractivity contribution in [1.82, 2.24) is 5.43 Å². The van der Waals surface area contributed by atoms with Crippen LogP contribution in [0.3, 0.4) is 0 Å². The quantitative estimate of drug-likeness (QED) is 0.381. The summed E-state index contributed by atoms with van der Waals surface area (Å²) in [6.07, 6.45) is 1.35. The third-order valence-electron chi connectivity index (χ3n) is 3.06. The van der Waals surface area contributed by atoms with Crippen LogP contribution in [0.5, 0.6) is 11.5 Å². The Morgan fingerprint density at radius 2 is 1.92 bits per heavy atom. The zero-order valence-corrected chi connectivity index (χ0v) is 17.8. The maximum atomic E-state index is 11.9. The van der Waals surface area contributed by atoms with Gasteiger partial charge in [-0.05, 0) is 62.2 Å². The summed E-state index contributed by atoms with van der Waals surface area (Å²) in [5, 5.41) is 16.6. The van der Waals surface area contributed by atoms with Crippen LogP contribution in [0.15, 0.2) is 48.9 Å². The molecule has 0 unspecified atom stereocenters. The molecule has 0 atom stereocenters. The molecule has 0 aliphatic rings. The number of methoxy groups -OCH3 is 1. The molecule has 0 aliphatic heterocycles. The minimum atomic E-state index is -0.333. The van der Waals surface area contributed by atoms with E-state index in [0.29, 0.717) is 11.3 Å². The number of phenols is 1. The summed E-state index contributed by atoms with van der Waals surface area (Å²) in [4.78, 5) is 11.9. The number of benzene rings is 2. The molecule has 3 N–H and O–H groups in total. The van der Waals surface area contributed by atoms with Crippen molar-refractivity contribution in [3.63, 3.8) is 0 Å². The van der Waals surface area contributed by atoms with Crippen LogP contribution in [-0.2, 0) is 4.79 Å². The molecule has 0 spiro atoms. The van der Waals surface area contributed by atoms with Crippen LogP contribution < -0.4 is 15.5 Å². The fourth-order valence-electron chi connectivity index (χ4n) is 1.86. The van der Waals surface area contributed by atoms with Crippen molar-refractivity contribution in [3.8, 4) is 11.5 Å². The van der Waals surface area contributed by atoms with E-state index >= 15 is 0 Å². The molecular weight excluding hydrogens is 522 g/mol. The van der Waals surface area contributed by atoms with Crippen LogP contribution in [0.4, 0.5) is 5.69 Å². The smallest absolute Gasteiger partial charge is 0.259 e. The van der Waals surface area contributed by atoms with E-state index < -0.39 is 0 Å². The average Bonchev–Trinajstić information content (AvgIpc) is 2.55. The average molecular weight is 536 g/mol. The lowest BCUT2D eigenvalue weighted by Crippen LogP contribution is -2.26. The van der Waals surface area contributed by atoms with Gasteiger partial charge in [-0.3, -0.25) is 4.79 Å². The highest BCUT2D eigenvalue weighted by atomic mass is 79.9. The monoisotopic (exact) mass is 533 g/mol. The van der Waals surface area contributed by atoms with Gasteiger partial charge in [-0.15, -0.1) is 0 Å². The Hall–Kier alpha value is -1.58. The molecule has 0 saturated heterocycles. The molecule has 0 bridgehead atoms. The molecule has 9 heteroatoms. The van der Waals surface area contributed by atoms with Crippen molar-refractivity contribution in [1.29, 1.82) is 0 Å². The summed E-state index contributed by atoms with van der Waals surface area (Å²) < 4.78 is 7.60. The van der Waals surface area contributed by atoms with Gasteiger partial charge in [0.15, 0.2) is 0 Å². The second-order valence-electron chi connectivity index (χ2n) is 4.82. The number of halogens is 3. The minimum absolute atomic E-state index is 0.0280. The lowest BCUT2D eigenvalue weighted by molar-refractivity contribution is -0.119. The number of carbonyl (C=O) groups is 1. The number of ether oxygens (including phenoxy) is 1. The minimum Gasteiger partial charge on any atom is -0.507 e. The number of anilines is 1. The van der Waals surface area contributed by atoms with E-state index in [4.69, 9.17) is 4.74 Å². The first-order valence-corrected chi connectivity index (χ1v) is 9.36. The van der Waals surface area contributed by atoms with E-state index in [0.717, 1.165) is 19.1 Å². The van der Waals surface area contributed by atoms with E-state index in [1.165, 1.54) is 19.4 Å². The Morgan fingerprint density at radius 1 is 1.24 bits per heavy atom. The number of aromatic hydroxyl groups is 1. The van der Waals surface area contributed by atoms with Gasteiger partial charge in [0.1, 0.15) is 11.5 Å². The van der Waals surface area contributed by atoms with Crippen LogP contribution in [-0.4, -0.2) is 30.9 Å². The number of rotatable bonds is 6. The van der Waals surface area contributed by atoms with Crippen molar-refractivity contribution in [2.45, 2.75) is 0 Å². The number of hydrogen-bond acceptors (Lipinski definition) is 5. The van der Waals surface area contributed by atoms with Crippen LogP contribution in [0.2, 0.25) is 0 Å². The molecule has 132 valence electrons. The van der Waals surface area contributed by atoms with Crippen LogP contribution in [0.25, 0.3) is 0 Å². The molecular formula is C16H14Br3N3O3. The van der Waals surface area contributed by atoms with Crippen LogP contribution in [0, 0.1) is 0 Å². The van der Waals surface area contributed by atoms with Crippen molar-refractivity contribution >= 4 is 65.6 Å². The molecule has 0 heterocycles. The highest BCUT2D eigenvalue weighted by molar-refractivity contribution is 9.11.